The Morgan fingerprint density at radius 2 is 1.67 bits per heavy atom. The smallest absolute Gasteiger partial charge is 0.308 e. The molecule has 0 aliphatic carbocycles. The summed E-state index contributed by atoms with van der Waals surface area (Å²) in [4.78, 5) is 23.7. The van der Waals surface area contributed by atoms with E-state index in [9.17, 15) is 14.7 Å². The molecule has 1 atom stereocenters. The predicted octanol–water partition coefficient (Wildman–Crippen LogP) is 3.64. The van der Waals surface area contributed by atoms with Crippen LogP contribution in [0.25, 0.3) is 10.8 Å². The SMILES string of the molecule is CCC(CC)C(=O)NCC(Cc1cccc2ccccc12)C(=O)O. The summed E-state index contributed by atoms with van der Waals surface area (Å²) < 4.78 is 0. The molecule has 128 valence electrons. The van der Waals surface area contributed by atoms with E-state index < -0.39 is 11.9 Å². The molecular weight excluding hydrogens is 302 g/mol. The Morgan fingerprint density at radius 1 is 1.00 bits per heavy atom. The number of fused-ring (bicyclic) bond motifs is 1. The van der Waals surface area contributed by atoms with E-state index in [4.69, 9.17) is 0 Å². The lowest BCUT2D eigenvalue weighted by Crippen LogP contribution is -2.37. The average molecular weight is 327 g/mol. The van der Waals surface area contributed by atoms with Gasteiger partial charge in [0, 0.05) is 12.5 Å². The molecule has 0 bridgehead atoms. The molecule has 24 heavy (non-hydrogen) atoms. The average Bonchev–Trinajstić information content (AvgIpc) is 2.59. The number of aliphatic carboxylic acids is 1. The van der Waals surface area contributed by atoms with Crippen LogP contribution < -0.4 is 5.32 Å². The van der Waals surface area contributed by atoms with Crippen LogP contribution in [0.15, 0.2) is 42.5 Å². The van der Waals surface area contributed by atoms with Gasteiger partial charge in [-0.05, 0) is 35.6 Å². The summed E-state index contributed by atoms with van der Waals surface area (Å²) in [7, 11) is 0. The second kappa shape index (κ2) is 8.48. The van der Waals surface area contributed by atoms with Gasteiger partial charge in [-0.1, -0.05) is 56.3 Å². The third-order valence-electron chi connectivity index (χ3n) is 4.57. The maximum absolute atomic E-state index is 12.1. The van der Waals surface area contributed by atoms with Crippen molar-refractivity contribution < 1.29 is 14.7 Å². The minimum atomic E-state index is -0.882. The van der Waals surface area contributed by atoms with E-state index in [2.05, 4.69) is 5.32 Å². The number of benzene rings is 2. The summed E-state index contributed by atoms with van der Waals surface area (Å²) in [5.74, 6) is -1.61. The Bertz CT molecular complexity index is 702. The van der Waals surface area contributed by atoms with Crippen LogP contribution in [0.2, 0.25) is 0 Å². The molecule has 1 unspecified atom stereocenters. The topological polar surface area (TPSA) is 66.4 Å². The van der Waals surface area contributed by atoms with Gasteiger partial charge in [0.15, 0.2) is 0 Å². The molecule has 0 aliphatic rings. The minimum Gasteiger partial charge on any atom is -0.481 e. The van der Waals surface area contributed by atoms with Crippen LogP contribution >= 0.6 is 0 Å². The molecule has 0 aromatic heterocycles. The van der Waals surface area contributed by atoms with E-state index in [-0.39, 0.29) is 18.4 Å². The van der Waals surface area contributed by atoms with Crippen molar-refractivity contribution in [2.24, 2.45) is 11.8 Å². The molecule has 0 fully saturated rings. The number of carbonyl (C=O) groups is 2. The molecule has 2 N–H and O–H groups in total. The molecule has 2 rings (SSSR count). The first-order valence-corrected chi connectivity index (χ1v) is 8.53. The molecule has 4 nitrogen and oxygen atoms in total. The Balaban J connectivity index is 2.11. The molecule has 4 heteroatoms. The van der Waals surface area contributed by atoms with Crippen LogP contribution in [0.1, 0.15) is 32.3 Å². The van der Waals surface area contributed by atoms with Gasteiger partial charge in [0.2, 0.25) is 5.91 Å². The van der Waals surface area contributed by atoms with Crippen molar-refractivity contribution in [3.05, 3.63) is 48.0 Å². The zero-order valence-electron chi connectivity index (χ0n) is 14.3. The lowest BCUT2D eigenvalue weighted by molar-refractivity contribution is -0.141. The first-order valence-electron chi connectivity index (χ1n) is 8.53. The van der Waals surface area contributed by atoms with Crippen LogP contribution in [0, 0.1) is 11.8 Å². The highest BCUT2D eigenvalue weighted by atomic mass is 16.4. The van der Waals surface area contributed by atoms with Crippen molar-refractivity contribution in [3.63, 3.8) is 0 Å². The number of nitrogens with one attached hydrogen (secondary N) is 1. The van der Waals surface area contributed by atoms with Gasteiger partial charge in [-0.15, -0.1) is 0 Å². The van der Waals surface area contributed by atoms with E-state index >= 15 is 0 Å². The molecule has 1 amide bonds. The van der Waals surface area contributed by atoms with Crippen molar-refractivity contribution in [2.75, 3.05) is 6.54 Å². The Morgan fingerprint density at radius 3 is 2.33 bits per heavy atom. The lowest BCUT2D eigenvalue weighted by Gasteiger charge is -2.17. The third kappa shape index (κ3) is 4.34. The number of carboxylic acid groups (broad SMARTS) is 1. The number of amides is 1. The summed E-state index contributed by atoms with van der Waals surface area (Å²) in [5.41, 5.74) is 0.997. The van der Waals surface area contributed by atoms with E-state index in [1.807, 2.05) is 56.3 Å². The predicted molar refractivity (Wildman–Crippen MR) is 95.9 cm³/mol. The number of carbonyl (C=O) groups excluding carboxylic acids is 1. The fraction of sp³-hybridized carbons (Fsp3) is 0.400. The number of hydrogen-bond acceptors (Lipinski definition) is 2. The highest BCUT2D eigenvalue weighted by Crippen LogP contribution is 2.21. The standard InChI is InChI=1S/C20H25NO3/c1-3-14(4-2)19(22)21-13-17(20(23)24)12-16-10-7-9-15-8-5-6-11-18(15)16/h5-11,14,17H,3-4,12-13H2,1-2H3,(H,21,22)(H,23,24). The van der Waals surface area contributed by atoms with E-state index in [1.54, 1.807) is 0 Å². The van der Waals surface area contributed by atoms with Crippen molar-refractivity contribution in [2.45, 2.75) is 33.1 Å². The highest BCUT2D eigenvalue weighted by molar-refractivity contribution is 5.86. The second-order valence-corrected chi connectivity index (χ2v) is 6.14. The first kappa shape index (κ1) is 18.0. The number of rotatable bonds is 8. The molecule has 0 aliphatic heterocycles. The lowest BCUT2D eigenvalue weighted by atomic mass is 9.94. The Hall–Kier alpha value is -2.36. The molecular formula is C20H25NO3. The molecule has 2 aromatic carbocycles. The van der Waals surface area contributed by atoms with Gasteiger partial charge in [0.05, 0.1) is 5.92 Å². The van der Waals surface area contributed by atoms with Crippen molar-refractivity contribution in [1.82, 2.24) is 5.32 Å². The molecule has 0 radical (unpaired) electrons. The van der Waals surface area contributed by atoms with Gasteiger partial charge in [-0.2, -0.15) is 0 Å². The summed E-state index contributed by atoms with van der Waals surface area (Å²) >= 11 is 0. The fourth-order valence-electron chi connectivity index (χ4n) is 3.01. The Labute approximate surface area is 142 Å². The summed E-state index contributed by atoms with van der Waals surface area (Å²) in [5, 5.41) is 14.5. The van der Waals surface area contributed by atoms with Crippen LogP contribution in [-0.2, 0) is 16.0 Å². The third-order valence-corrected chi connectivity index (χ3v) is 4.57. The van der Waals surface area contributed by atoms with Crippen LogP contribution in [0.3, 0.4) is 0 Å². The molecule has 2 aromatic rings. The van der Waals surface area contributed by atoms with Gasteiger partial charge in [0.25, 0.3) is 0 Å². The summed E-state index contributed by atoms with van der Waals surface area (Å²) in [6.45, 7) is 4.10. The zero-order valence-corrected chi connectivity index (χ0v) is 14.3. The van der Waals surface area contributed by atoms with Crippen molar-refractivity contribution in [3.8, 4) is 0 Å². The molecule has 0 saturated heterocycles. The normalized spacial score (nSPS) is 12.3. The van der Waals surface area contributed by atoms with Gasteiger partial charge in [-0.25, -0.2) is 0 Å². The summed E-state index contributed by atoms with van der Waals surface area (Å²) in [6.07, 6.45) is 1.94. The van der Waals surface area contributed by atoms with Crippen LogP contribution in [-0.4, -0.2) is 23.5 Å². The van der Waals surface area contributed by atoms with Gasteiger partial charge < -0.3 is 10.4 Å². The minimum absolute atomic E-state index is 0.0444. The second-order valence-electron chi connectivity index (χ2n) is 6.14. The monoisotopic (exact) mass is 327 g/mol. The van der Waals surface area contributed by atoms with Crippen molar-refractivity contribution >= 4 is 22.6 Å². The highest BCUT2D eigenvalue weighted by Gasteiger charge is 2.22. The van der Waals surface area contributed by atoms with Crippen LogP contribution in [0.5, 0.6) is 0 Å². The first-order chi connectivity index (χ1) is 11.6. The fourth-order valence-corrected chi connectivity index (χ4v) is 3.01. The van der Waals surface area contributed by atoms with Gasteiger partial charge >= 0.3 is 5.97 Å². The molecule has 0 saturated carbocycles. The van der Waals surface area contributed by atoms with Crippen molar-refractivity contribution in [1.29, 1.82) is 0 Å². The summed E-state index contributed by atoms with van der Waals surface area (Å²) in [6, 6.07) is 13.9. The van der Waals surface area contributed by atoms with E-state index in [1.165, 1.54) is 0 Å². The van der Waals surface area contributed by atoms with Gasteiger partial charge in [-0.3, -0.25) is 9.59 Å². The quantitative estimate of drug-likeness (QED) is 0.778. The maximum Gasteiger partial charge on any atom is 0.308 e. The number of hydrogen-bond donors (Lipinski definition) is 2. The van der Waals surface area contributed by atoms with Crippen LogP contribution in [0.4, 0.5) is 0 Å². The van der Waals surface area contributed by atoms with E-state index in [0.29, 0.717) is 6.42 Å². The van der Waals surface area contributed by atoms with Gasteiger partial charge in [0.1, 0.15) is 0 Å². The molecule has 0 heterocycles. The molecule has 0 spiro atoms. The maximum atomic E-state index is 12.1. The zero-order chi connectivity index (χ0) is 17.5. The number of carboxylic acids is 1. The largest absolute Gasteiger partial charge is 0.481 e. The Kier molecular flexibility index (Phi) is 6.36. The van der Waals surface area contributed by atoms with E-state index in [0.717, 1.165) is 29.2 Å².